The Balaban J connectivity index is 1.70. The number of para-hydroxylation sites is 1. The van der Waals surface area contributed by atoms with Crippen LogP contribution in [0.2, 0.25) is 0 Å². The van der Waals surface area contributed by atoms with Crippen molar-refractivity contribution in [3.63, 3.8) is 0 Å². The molecule has 3 aromatic heterocycles. The van der Waals surface area contributed by atoms with Gasteiger partial charge < -0.3 is 10.3 Å². The molecular weight excluding hydrogens is 322 g/mol. The summed E-state index contributed by atoms with van der Waals surface area (Å²) in [4.78, 5) is 32.2. The van der Waals surface area contributed by atoms with Gasteiger partial charge in [-0.25, -0.2) is 0 Å². The van der Waals surface area contributed by atoms with Gasteiger partial charge in [0, 0.05) is 21.8 Å². The van der Waals surface area contributed by atoms with E-state index in [2.05, 4.69) is 15.3 Å². The van der Waals surface area contributed by atoms with E-state index < -0.39 is 0 Å². The number of amides is 1. The average molecular weight is 335 g/mol. The van der Waals surface area contributed by atoms with Crippen LogP contribution in [0, 0.1) is 0 Å². The Morgan fingerprint density at radius 2 is 1.96 bits per heavy atom. The second-order valence-electron chi connectivity index (χ2n) is 5.36. The molecule has 0 bridgehead atoms. The molecule has 4 aromatic rings. The van der Waals surface area contributed by atoms with Crippen LogP contribution in [0.5, 0.6) is 0 Å². The molecule has 0 aliphatic carbocycles. The number of fused-ring (bicyclic) bond motifs is 3. The minimum absolute atomic E-state index is 0.177. The summed E-state index contributed by atoms with van der Waals surface area (Å²) in [5, 5.41) is 4.33. The van der Waals surface area contributed by atoms with Crippen LogP contribution in [-0.4, -0.2) is 15.9 Å². The number of H-pyrrole nitrogens is 1. The second-order valence-corrected chi connectivity index (χ2v) is 6.41. The van der Waals surface area contributed by atoms with Crippen molar-refractivity contribution in [2.24, 2.45) is 0 Å². The third-order valence-corrected chi connectivity index (χ3v) is 4.94. The zero-order valence-electron chi connectivity index (χ0n) is 12.6. The molecule has 24 heavy (non-hydrogen) atoms. The number of hydrogen-bond donors (Lipinski definition) is 2. The van der Waals surface area contributed by atoms with Crippen LogP contribution in [0.4, 0.5) is 0 Å². The topological polar surface area (TPSA) is 74.8 Å². The van der Waals surface area contributed by atoms with Gasteiger partial charge in [0.1, 0.15) is 0 Å². The molecule has 4 rings (SSSR count). The van der Waals surface area contributed by atoms with Gasteiger partial charge in [-0.2, -0.15) is 0 Å². The van der Waals surface area contributed by atoms with Crippen LogP contribution in [0.1, 0.15) is 15.4 Å². The first-order valence-electron chi connectivity index (χ1n) is 7.45. The summed E-state index contributed by atoms with van der Waals surface area (Å²) in [7, 11) is 0. The van der Waals surface area contributed by atoms with Gasteiger partial charge in [0.2, 0.25) is 0 Å². The molecule has 6 heteroatoms. The molecule has 0 spiro atoms. The van der Waals surface area contributed by atoms with E-state index in [1.165, 1.54) is 11.3 Å². The highest BCUT2D eigenvalue weighted by atomic mass is 32.1. The van der Waals surface area contributed by atoms with Gasteiger partial charge >= 0.3 is 0 Å². The number of pyridine rings is 2. The zero-order valence-corrected chi connectivity index (χ0v) is 13.4. The largest absolute Gasteiger partial charge is 0.346 e. The van der Waals surface area contributed by atoms with Crippen LogP contribution in [0.25, 0.3) is 21.0 Å². The summed E-state index contributed by atoms with van der Waals surface area (Å²) in [6.45, 7) is 0.352. The number of hydrogen-bond acceptors (Lipinski definition) is 4. The molecule has 0 aliphatic rings. The maximum Gasteiger partial charge on any atom is 0.261 e. The highest BCUT2D eigenvalue weighted by Gasteiger charge is 2.14. The summed E-state index contributed by atoms with van der Waals surface area (Å²) in [5.41, 5.74) is 1.39. The Morgan fingerprint density at radius 1 is 1.12 bits per heavy atom. The number of thiophene rings is 1. The van der Waals surface area contributed by atoms with Crippen molar-refractivity contribution < 1.29 is 4.79 Å². The lowest BCUT2D eigenvalue weighted by Crippen LogP contribution is -2.22. The number of aromatic amines is 1. The van der Waals surface area contributed by atoms with Crippen molar-refractivity contribution in [1.82, 2.24) is 15.3 Å². The molecule has 118 valence electrons. The summed E-state index contributed by atoms with van der Waals surface area (Å²) < 4.78 is 0.831. The number of rotatable bonds is 3. The first-order chi connectivity index (χ1) is 11.7. The molecule has 0 fully saturated rings. The van der Waals surface area contributed by atoms with Crippen LogP contribution in [0.3, 0.4) is 0 Å². The molecule has 0 saturated carbocycles. The smallest absolute Gasteiger partial charge is 0.261 e. The zero-order chi connectivity index (χ0) is 16.5. The molecule has 0 saturated heterocycles. The molecule has 0 radical (unpaired) electrons. The van der Waals surface area contributed by atoms with Gasteiger partial charge in [-0.1, -0.05) is 24.3 Å². The van der Waals surface area contributed by atoms with E-state index in [1.807, 2.05) is 42.5 Å². The predicted octanol–water partition coefficient (Wildman–Crippen LogP) is 3.07. The van der Waals surface area contributed by atoms with E-state index in [1.54, 1.807) is 12.3 Å². The van der Waals surface area contributed by atoms with Gasteiger partial charge in [0.25, 0.3) is 11.5 Å². The Hall–Kier alpha value is -2.99. The van der Waals surface area contributed by atoms with Crippen molar-refractivity contribution in [3.8, 4) is 0 Å². The Labute approximate surface area is 141 Å². The average Bonchev–Trinajstić information content (AvgIpc) is 3.07. The van der Waals surface area contributed by atoms with E-state index in [0.717, 1.165) is 21.3 Å². The lowest BCUT2D eigenvalue weighted by molar-refractivity contribution is 0.0954. The van der Waals surface area contributed by atoms with Crippen LogP contribution < -0.4 is 10.9 Å². The normalized spacial score (nSPS) is 11.0. The van der Waals surface area contributed by atoms with Gasteiger partial charge in [0.05, 0.1) is 22.5 Å². The van der Waals surface area contributed by atoms with Gasteiger partial charge in [-0.05, 0) is 24.3 Å². The molecule has 1 amide bonds. The van der Waals surface area contributed by atoms with Crippen molar-refractivity contribution >= 4 is 38.2 Å². The van der Waals surface area contributed by atoms with Crippen LogP contribution in [0.15, 0.2) is 59.5 Å². The first kappa shape index (κ1) is 14.6. The van der Waals surface area contributed by atoms with E-state index in [-0.39, 0.29) is 11.5 Å². The van der Waals surface area contributed by atoms with Crippen molar-refractivity contribution in [3.05, 3.63) is 75.7 Å². The summed E-state index contributed by atoms with van der Waals surface area (Å²) in [6, 6.07) is 14.8. The number of nitrogens with one attached hydrogen (secondary N) is 2. The van der Waals surface area contributed by atoms with Crippen LogP contribution in [-0.2, 0) is 6.54 Å². The number of nitrogens with zero attached hydrogens (tertiary/aromatic N) is 1. The highest BCUT2D eigenvalue weighted by molar-refractivity contribution is 7.21. The lowest BCUT2D eigenvalue weighted by Gasteiger charge is -2.02. The molecule has 3 heterocycles. The number of carbonyl (C=O) groups excluding carboxylic acids is 1. The van der Waals surface area contributed by atoms with Gasteiger partial charge in [-0.15, -0.1) is 11.3 Å². The molecule has 0 unspecified atom stereocenters. The van der Waals surface area contributed by atoms with E-state index in [0.29, 0.717) is 16.8 Å². The Morgan fingerprint density at radius 3 is 2.79 bits per heavy atom. The first-order valence-corrected chi connectivity index (χ1v) is 8.27. The van der Waals surface area contributed by atoms with Crippen molar-refractivity contribution in [2.75, 3.05) is 0 Å². The SMILES string of the molecule is O=C(NCc1ccccn1)c1cc2c(=O)[nH]c3ccccc3c2s1. The third-order valence-electron chi connectivity index (χ3n) is 3.78. The van der Waals surface area contributed by atoms with Crippen LogP contribution >= 0.6 is 11.3 Å². The van der Waals surface area contributed by atoms with Gasteiger partial charge in [0.15, 0.2) is 0 Å². The molecule has 5 nitrogen and oxygen atoms in total. The predicted molar refractivity (Wildman–Crippen MR) is 95.4 cm³/mol. The molecule has 1 aromatic carbocycles. The van der Waals surface area contributed by atoms with E-state index in [4.69, 9.17) is 0 Å². The third kappa shape index (κ3) is 2.57. The Bertz CT molecular complexity index is 1100. The standard InChI is InChI=1S/C18H13N3O2S/c22-17-13-9-15(18(23)20-10-11-5-3-4-8-19-11)24-16(13)12-6-1-2-7-14(12)21-17/h1-9H,10H2,(H,20,23)(H,21,22). The van der Waals surface area contributed by atoms with Crippen molar-refractivity contribution in [2.45, 2.75) is 6.54 Å². The molecule has 0 aliphatic heterocycles. The monoisotopic (exact) mass is 335 g/mol. The lowest BCUT2D eigenvalue weighted by atomic mass is 10.2. The maximum atomic E-state index is 12.4. The fourth-order valence-corrected chi connectivity index (χ4v) is 3.72. The molecular formula is C18H13N3O2S. The number of carbonyl (C=O) groups is 1. The quantitative estimate of drug-likeness (QED) is 0.604. The fraction of sp³-hybridized carbons (Fsp3) is 0.0556. The second kappa shape index (κ2) is 5.90. The van der Waals surface area contributed by atoms with E-state index >= 15 is 0 Å². The van der Waals surface area contributed by atoms with E-state index in [9.17, 15) is 9.59 Å². The summed E-state index contributed by atoms with van der Waals surface area (Å²) >= 11 is 1.33. The minimum atomic E-state index is -0.203. The highest BCUT2D eigenvalue weighted by Crippen LogP contribution is 2.29. The number of benzene rings is 1. The Kier molecular flexibility index (Phi) is 3.59. The maximum absolute atomic E-state index is 12.4. The summed E-state index contributed by atoms with van der Waals surface area (Å²) in [5.74, 6) is -0.203. The summed E-state index contributed by atoms with van der Waals surface area (Å²) in [6.07, 6.45) is 1.69. The van der Waals surface area contributed by atoms with Crippen molar-refractivity contribution in [1.29, 1.82) is 0 Å². The van der Waals surface area contributed by atoms with Gasteiger partial charge in [-0.3, -0.25) is 14.6 Å². The molecule has 2 N–H and O–H groups in total. The minimum Gasteiger partial charge on any atom is -0.346 e. The number of aromatic nitrogens is 2. The molecule has 0 atom stereocenters. The fourth-order valence-electron chi connectivity index (χ4n) is 2.61.